The summed E-state index contributed by atoms with van der Waals surface area (Å²) in [6.45, 7) is 1.80. The summed E-state index contributed by atoms with van der Waals surface area (Å²) in [5.74, 6) is 0.578. The lowest BCUT2D eigenvalue weighted by atomic mass is 9.93. The number of furan rings is 1. The zero-order valence-corrected chi connectivity index (χ0v) is 13.1. The van der Waals surface area contributed by atoms with Crippen LogP contribution in [0.15, 0.2) is 34.0 Å². The number of anilines is 1. The number of nitrogens with one attached hydrogen (secondary N) is 2. The van der Waals surface area contributed by atoms with E-state index >= 15 is 0 Å². The van der Waals surface area contributed by atoms with E-state index in [1.807, 2.05) is 0 Å². The monoisotopic (exact) mass is 327 g/mol. The lowest BCUT2D eigenvalue weighted by Gasteiger charge is -2.13. The van der Waals surface area contributed by atoms with Gasteiger partial charge >= 0.3 is 6.03 Å². The minimum Gasteiger partial charge on any atom is -0.455 e. The first-order chi connectivity index (χ1) is 11.6. The van der Waals surface area contributed by atoms with Crippen molar-refractivity contribution in [2.24, 2.45) is 10.8 Å². The largest absolute Gasteiger partial charge is 0.455 e. The molecule has 124 valence electrons. The van der Waals surface area contributed by atoms with Crippen LogP contribution < -0.4 is 16.5 Å². The molecule has 3 rings (SSSR count). The molecule has 0 saturated carbocycles. The number of aromatic nitrogens is 1. The van der Waals surface area contributed by atoms with Gasteiger partial charge in [0.05, 0.1) is 17.6 Å². The van der Waals surface area contributed by atoms with E-state index in [9.17, 15) is 9.59 Å². The highest BCUT2D eigenvalue weighted by Crippen LogP contribution is 2.30. The van der Waals surface area contributed by atoms with Gasteiger partial charge in [0.15, 0.2) is 5.76 Å². The van der Waals surface area contributed by atoms with Gasteiger partial charge in [-0.15, -0.1) is 0 Å². The number of hydrogen-bond donors (Lipinski definition) is 3. The maximum atomic E-state index is 12.5. The number of carbonyl (C=O) groups is 2. The average Bonchev–Trinajstić information content (AvgIpc) is 2.91. The van der Waals surface area contributed by atoms with Crippen molar-refractivity contribution in [3.8, 4) is 0 Å². The van der Waals surface area contributed by atoms with Gasteiger partial charge in [0.25, 0.3) is 5.91 Å². The molecule has 0 saturated heterocycles. The van der Waals surface area contributed by atoms with Crippen molar-refractivity contribution in [2.75, 3.05) is 5.32 Å². The molecule has 0 radical (unpaired) electrons. The molecule has 0 bridgehead atoms. The molecule has 3 amide bonds. The number of fused-ring (bicyclic) bond motifs is 1. The maximum Gasteiger partial charge on any atom is 0.332 e. The van der Waals surface area contributed by atoms with Gasteiger partial charge in [0.2, 0.25) is 0 Å². The predicted octanol–water partition coefficient (Wildman–Crippen LogP) is 1.94. The lowest BCUT2D eigenvalue weighted by Crippen LogP contribution is -2.27. The van der Waals surface area contributed by atoms with Crippen LogP contribution in [0.4, 0.5) is 10.5 Å². The van der Waals surface area contributed by atoms with Crippen LogP contribution in [0.3, 0.4) is 0 Å². The molecule has 0 fully saturated rings. The molecule has 2 aromatic rings. The van der Waals surface area contributed by atoms with Gasteiger partial charge < -0.3 is 15.5 Å². The Morgan fingerprint density at radius 2 is 2.21 bits per heavy atom. The second kappa shape index (κ2) is 6.53. The van der Waals surface area contributed by atoms with Crippen LogP contribution in [0.25, 0.3) is 0 Å². The van der Waals surface area contributed by atoms with E-state index in [1.165, 1.54) is 0 Å². The first-order valence-electron chi connectivity index (χ1n) is 7.52. The molecule has 0 spiro atoms. The molecule has 2 aromatic heterocycles. The van der Waals surface area contributed by atoms with Gasteiger partial charge in [-0.05, 0) is 31.9 Å². The van der Waals surface area contributed by atoms with E-state index < -0.39 is 6.03 Å². The highest BCUT2D eigenvalue weighted by atomic mass is 16.4. The number of carbonyl (C=O) groups excluding carboxylic acids is 2. The van der Waals surface area contributed by atoms with Crippen molar-refractivity contribution in [1.82, 2.24) is 10.4 Å². The fraction of sp³-hybridized carbons (Fsp3) is 0.250. The van der Waals surface area contributed by atoms with Gasteiger partial charge in [0, 0.05) is 23.7 Å². The summed E-state index contributed by atoms with van der Waals surface area (Å²) in [5.41, 5.74) is 10.0. The summed E-state index contributed by atoms with van der Waals surface area (Å²) < 4.78 is 5.75. The SMILES string of the molecule is Cc1c(C(=O)Nc2cccnc2)oc2c1/C(=N/NC(N)=O)CCC2. The van der Waals surface area contributed by atoms with E-state index in [2.05, 4.69) is 20.8 Å². The Morgan fingerprint density at radius 3 is 2.92 bits per heavy atom. The molecule has 0 aromatic carbocycles. The van der Waals surface area contributed by atoms with Crippen LogP contribution in [0.1, 0.15) is 40.3 Å². The third-order valence-corrected chi connectivity index (χ3v) is 3.75. The van der Waals surface area contributed by atoms with Crippen LogP contribution in [-0.4, -0.2) is 22.6 Å². The Morgan fingerprint density at radius 1 is 1.38 bits per heavy atom. The number of primary amides is 1. The van der Waals surface area contributed by atoms with Crippen LogP contribution in [0.2, 0.25) is 0 Å². The molecule has 0 aliphatic heterocycles. The fourth-order valence-corrected chi connectivity index (χ4v) is 2.74. The molecule has 8 nitrogen and oxygen atoms in total. The summed E-state index contributed by atoms with van der Waals surface area (Å²) in [6, 6.07) is 2.74. The molecule has 8 heteroatoms. The Kier molecular flexibility index (Phi) is 4.28. The number of rotatable bonds is 3. The first kappa shape index (κ1) is 15.7. The van der Waals surface area contributed by atoms with E-state index in [-0.39, 0.29) is 11.7 Å². The van der Waals surface area contributed by atoms with Gasteiger partial charge in [0.1, 0.15) is 5.76 Å². The number of hydrogen-bond acceptors (Lipinski definition) is 5. The van der Waals surface area contributed by atoms with Crippen molar-refractivity contribution in [3.63, 3.8) is 0 Å². The third-order valence-electron chi connectivity index (χ3n) is 3.75. The minimum atomic E-state index is -0.731. The summed E-state index contributed by atoms with van der Waals surface area (Å²) in [4.78, 5) is 27.3. The van der Waals surface area contributed by atoms with Crippen molar-refractivity contribution >= 4 is 23.3 Å². The zero-order chi connectivity index (χ0) is 17.1. The van der Waals surface area contributed by atoms with Crippen LogP contribution in [-0.2, 0) is 6.42 Å². The number of pyridine rings is 1. The standard InChI is InChI=1S/C16H17N5O3/c1-9-13-11(20-21-16(17)23)5-2-6-12(13)24-14(9)15(22)19-10-4-3-7-18-8-10/h3-4,7-8H,2,5-6H2,1H3,(H,19,22)(H3,17,21,23)/b20-11+. The highest BCUT2D eigenvalue weighted by Gasteiger charge is 2.28. The quantitative estimate of drug-likeness (QED) is 0.745. The third kappa shape index (κ3) is 3.12. The van der Waals surface area contributed by atoms with E-state index in [4.69, 9.17) is 10.2 Å². The predicted molar refractivity (Wildman–Crippen MR) is 87.8 cm³/mol. The van der Waals surface area contributed by atoms with Crippen molar-refractivity contribution in [1.29, 1.82) is 0 Å². The number of nitrogens with zero attached hydrogens (tertiary/aromatic N) is 2. The number of amides is 3. The summed E-state index contributed by atoms with van der Waals surface area (Å²) in [6.07, 6.45) is 5.40. The van der Waals surface area contributed by atoms with Crippen molar-refractivity contribution in [3.05, 3.63) is 47.2 Å². The molecular formula is C16H17N5O3. The van der Waals surface area contributed by atoms with Crippen LogP contribution in [0, 0.1) is 6.92 Å². The highest BCUT2D eigenvalue weighted by molar-refractivity contribution is 6.09. The van der Waals surface area contributed by atoms with Gasteiger partial charge in [-0.1, -0.05) is 0 Å². The molecule has 1 aliphatic rings. The van der Waals surface area contributed by atoms with Crippen LogP contribution >= 0.6 is 0 Å². The molecule has 0 unspecified atom stereocenters. The summed E-state index contributed by atoms with van der Waals surface area (Å²) in [7, 11) is 0. The topological polar surface area (TPSA) is 123 Å². The second-order valence-electron chi connectivity index (χ2n) is 5.44. The van der Waals surface area contributed by atoms with E-state index in [1.54, 1.807) is 31.5 Å². The normalized spacial score (nSPS) is 15.0. The van der Waals surface area contributed by atoms with Gasteiger partial charge in [-0.2, -0.15) is 5.10 Å². The maximum absolute atomic E-state index is 12.5. The van der Waals surface area contributed by atoms with Crippen molar-refractivity contribution in [2.45, 2.75) is 26.2 Å². The number of urea groups is 1. The summed E-state index contributed by atoms with van der Waals surface area (Å²) in [5, 5.41) is 6.78. The van der Waals surface area contributed by atoms with Gasteiger partial charge in [-0.3, -0.25) is 9.78 Å². The smallest absolute Gasteiger partial charge is 0.332 e. The molecule has 2 heterocycles. The second-order valence-corrected chi connectivity index (χ2v) is 5.44. The number of aryl methyl sites for hydroxylation is 1. The molecule has 0 atom stereocenters. The molecular weight excluding hydrogens is 310 g/mol. The Labute approximate surface area is 138 Å². The van der Waals surface area contributed by atoms with E-state index in [0.717, 1.165) is 12.0 Å². The van der Waals surface area contributed by atoms with E-state index in [0.29, 0.717) is 35.6 Å². The Hall–Kier alpha value is -3.16. The van der Waals surface area contributed by atoms with Crippen LogP contribution in [0.5, 0.6) is 0 Å². The first-order valence-corrected chi connectivity index (χ1v) is 7.52. The fourth-order valence-electron chi connectivity index (χ4n) is 2.74. The molecule has 24 heavy (non-hydrogen) atoms. The van der Waals surface area contributed by atoms with Gasteiger partial charge in [-0.25, -0.2) is 10.2 Å². The lowest BCUT2D eigenvalue weighted by molar-refractivity contribution is 0.0994. The minimum absolute atomic E-state index is 0.234. The number of hydrazone groups is 1. The average molecular weight is 327 g/mol. The Balaban J connectivity index is 1.90. The molecule has 4 N–H and O–H groups in total. The van der Waals surface area contributed by atoms with Crippen molar-refractivity contribution < 1.29 is 14.0 Å². The number of nitrogens with two attached hydrogens (primary N) is 1. The molecule has 1 aliphatic carbocycles. The Bertz CT molecular complexity index is 811. The summed E-state index contributed by atoms with van der Waals surface area (Å²) >= 11 is 0. The zero-order valence-electron chi connectivity index (χ0n) is 13.1.